The molecule has 1 aliphatic carbocycles. The van der Waals surface area contributed by atoms with Gasteiger partial charge in [-0.25, -0.2) is 0 Å². The van der Waals surface area contributed by atoms with E-state index in [1.165, 1.54) is 22.9 Å². The van der Waals surface area contributed by atoms with Gasteiger partial charge in [0, 0.05) is 25.6 Å². The average Bonchev–Trinajstić information content (AvgIpc) is 2.85. The van der Waals surface area contributed by atoms with E-state index in [1.54, 1.807) is 6.92 Å². The molecule has 0 radical (unpaired) electrons. The van der Waals surface area contributed by atoms with Crippen molar-refractivity contribution >= 4 is 22.8 Å². The Hall–Kier alpha value is -1.29. The van der Waals surface area contributed by atoms with Gasteiger partial charge in [-0.3, -0.25) is 9.59 Å². The van der Waals surface area contributed by atoms with E-state index in [-0.39, 0.29) is 17.1 Å². The van der Waals surface area contributed by atoms with Gasteiger partial charge in [-0.2, -0.15) is 0 Å². The number of benzene rings is 1. The topological polar surface area (TPSA) is 37.4 Å². The van der Waals surface area contributed by atoms with Crippen LogP contribution in [0.15, 0.2) is 24.3 Å². The van der Waals surface area contributed by atoms with Crippen molar-refractivity contribution in [3.63, 3.8) is 0 Å². The van der Waals surface area contributed by atoms with E-state index in [0.29, 0.717) is 12.3 Å². The maximum absolute atomic E-state index is 12.4. The monoisotopic (exact) mass is 303 g/mol. The van der Waals surface area contributed by atoms with E-state index in [0.717, 1.165) is 31.6 Å². The van der Waals surface area contributed by atoms with Crippen LogP contribution in [-0.4, -0.2) is 28.2 Å². The van der Waals surface area contributed by atoms with E-state index < -0.39 is 0 Å². The maximum Gasteiger partial charge on any atom is 0.223 e. The van der Waals surface area contributed by atoms with Crippen molar-refractivity contribution in [3.8, 4) is 0 Å². The van der Waals surface area contributed by atoms with Crippen LogP contribution < -0.4 is 0 Å². The molecular weight excluding hydrogens is 282 g/mol. The summed E-state index contributed by atoms with van der Waals surface area (Å²) in [6.07, 6.45) is 3.94. The zero-order valence-corrected chi connectivity index (χ0v) is 13.2. The fourth-order valence-electron chi connectivity index (χ4n) is 3.51. The summed E-state index contributed by atoms with van der Waals surface area (Å²) >= 11 is 1.35. The quantitative estimate of drug-likeness (QED) is 0.860. The number of amides is 1. The molecule has 1 aliphatic heterocycles. The van der Waals surface area contributed by atoms with Crippen molar-refractivity contribution in [1.82, 2.24) is 4.90 Å². The molecular formula is C17H21NO2S. The second kappa shape index (κ2) is 6.22. The Balaban J connectivity index is 1.73. The summed E-state index contributed by atoms with van der Waals surface area (Å²) in [7, 11) is 0. The van der Waals surface area contributed by atoms with Crippen LogP contribution in [-0.2, 0) is 16.0 Å². The zero-order chi connectivity index (χ0) is 14.8. The molecule has 1 aromatic carbocycles. The Bertz CT molecular complexity index is 557. The lowest BCUT2D eigenvalue weighted by Crippen LogP contribution is -2.32. The van der Waals surface area contributed by atoms with Crippen molar-refractivity contribution in [2.45, 2.75) is 38.6 Å². The van der Waals surface area contributed by atoms with Crippen LogP contribution in [0, 0.1) is 5.92 Å². The maximum atomic E-state index is 12.4. The van der Waals surface area contributed by atoms with Gasteiger partial charge in [0.25, 0.3) is 0 Å². The number of hydrogen-bond acceptors (Lipinski definition) is 3. The molecule has 0 bridgehead atoms. The van der Waals surface area contributed by atoms with Gasteiger partial charge in [0.15, 0.2) is 5.12 Å². The molecule has 1 amide bonds. The highest BCUT2D eigenvalue weighted by atomic mass is 32.2. The van der Waals surface area contributed by atoms with Crippen LogP contribution >= 0.6 is 11.8 Å². The van der Waals surface area contributed by atoms with Crippen LogP contribution in [0.5, 0.6) is 0 Å². The summed E-state index contributed by atoms with van der Waals surface area (Å²) in [5, 5.41) is 0.143. The minimum absolute atomic E-state index is 0.143. The summed E-state index contributed by atoms with van der Waals surface area (Å²) < 4.78 is 0. The number of carbonyl (C=O) groups excluding carboxylic acids is 2. The number of likely N-dealkylation sites (tertiary alicyclic amines) is 1. The molecule has 2 aliphatic rings. The Kier molecular flexibility index (Phi) is 4.34. The smallest absolute Gasteiger partial charge is 0.223 e. The van der Waals surface area contributed by atoms with Crippen molar-refractivity contribution in [1.29, 1.82) is 0 Å². The molecule has 3 rings (SSSR count). The first-order chi connectivity index (χ1) is 10.1. The van der Waals surface area contributed by atoms with Crippen LogP contribution in [0.2, 0.25) is 0 Å². The van der Waals surface area contributed by atoms with E-state index in [2.05, 4.69) is 29.2 Å². The molecule has 0 saturated carbocycles. The van der Waals surface area contributed by atoms with Gasteiger partial charge in [0.2, 0.25) is 5.91 Å². The van der Waals surface area contributed by atoms with Gasteiger partial charge in [-0.05, 0) is 36.3 Å². The largest absolute Gasteiger partial charge is 0.335 e. The van der Waals surface area contributed by atoms with E-state index in [9.17, 15) is 9.59 Å². The SMILES string of the molecule is CC(=O)SCC1CC(=O)N(C2CCCc3ccccc32)C1. The molecule has 1 fully saturated rings. The number of rotatable bonds is 3. The third-order valence-electron chi connectivity index (χ3n) is 4.47. The first-order valence-electron chi connectivity index (χ1n) is 7.66. The van der Waals surface area contributed by atoms with Gasteiger partial charge in [0.1, 0.15) is 0 Å². The first kappa shape index (κ1) is 14.6. The minimum atomic E-state index is 0.143. The van der Waals surface area contributed by atoms with Crippen LogP contribution in [0.25, 0.3) is 0 Å². The fourth-order valence-corrected chi connectivity index (χ4v) is 4.20. The van der Waals surface area contributed by atoms with Crippen LogP contribution in [0.1, 0.15) is 43.4 Å². The van der Waals surface area contributed by atoms with Crippen molar-refractivity contribution in [3.05, 3.63) is 35.4 Å². The number of hydrogen-bond donors (Lipinski definition) is 0. The van der Waals surface area contributed by atoms with Gasteiger partial charge in [-0.1, -0.05) is 36.0 Å². The van der Waals surface area contributed by atoms with E-state index in [4.69, 9.17) is 0 Å². The molecule has 3 nitrogen and oxygen atoms in total. The summed E-state index contributed by atoms with van der Waals surface area (Å²) in [4.78, 5) is 25.5. The molecule has 1 heterocycles. The van der Waals surface area contributed by atoms with Crippen molar-refractivity contribution in [2.75, 3.05) is 12.3 Å². The van der Waals surface area contributed by atoms with Crippen LogP contribution in [0.4, 0.5) is 0 Å². The van der Waals surface area contributed by atoms with Gasteiger partial charge in [0.05, 0.1) is 6.04 Å². The highest BCUT2D eigenvalue weighted by molar-refractivity contribution is 8.13. The predicted molar refractivity (Wildman–Crippen MR) is 85.1 cm³/mol. The second-order valence-corrected chi connectivity index (χ2v) is 7.22. The Morgan fingerprint density at radius 3 is 3.00 bits per heavy atom. The molecule has 2 unspecified atom stereocenters. The number of thioether (sulfide) groups is 1. The molecule has 0 spiro atoms. The molecule has 2 atom stereocenters. The molecule has 4 heteroatoms. The summed E-state index contributed by atoms with van der Waals surface area (Å²) in [6, 6.07) is 8.75. The van der Waals surface area contributed by atoms with Crippen molar-refractivity contribution in [2.24, 2.45) is 5.92 Å². The third kappa shape index (κ3) is 3.15. The van der Waals surface area contributed by atoms with Gasteiger partial charge in [-0.15, -0.1) is 0 Å². The highest BCUT2D eigenvalue weighted by Crippen LogP contribution is 2.38. The zero-order valence-electron chi connectivity index (χ0n) is 12.4. The number of aryl methyl sites for hydroxylation is 1. The van der Waals surface area contributed by atoms with E-state index in [1.807, 2.05) is 0 Å². The Morgan fingerprint density at radius 2 is 2.19 bits per heavy atom. The third-order valence-corrected chi connectivity index (χ3v) is 5.52. The molecule has 112 valence electrons. The number of fused-ring (bicyclic) bond motifs is 1. The van der Waals surface area contributed by atoms with Gasteiger partial charge >= 0.3 is 0 Å². The lowest BCUT2D eigenvalue weighted by Gasteiger charge is -2.33. The highest BCUT2D eigenvalue weighted by Gasteiger charge is 2.36. The Morgan fingerprint density at radius 1 is 1.38 bits per heavy atom. The molecule has 1 aromatic rings. The summed E-state index contributed by atoms with van der Waals surface area (Å²) in [5.41, 5.74) is 2.72. The number of nitrogens with zero attached hydrogens (tertiary/aromatic N) is 1. The molecule has 1 saturated heterocycles. The minimum Gasteiger partial charge on any atom is -0.335 e. The van der Waals surface area contributed by atoms with Gasteiger partial charge < -0.3 is 4.90 Å². The summed E-state index contributed by atoms with van der Waals surface area (Å²) in [5.74, 6) is 1.35. The van der Waals surface area contributed by atoms with E-state index >= 15 is 0 Å². The standard InChI is InChI=1S/C17H21NO2S/c1-12(19)21-11-13-9-17(20)18(10-13)16-8-4-6-14-5-2-3-7-15(14)16/h2-3,5,7,13,16H,4,6,8-11H2,1H3. The molecule has 0 N–H and O–H groups in total. The molecule has 0 aromatic heterocycles. The normalized spacial score (nSPS) is 25.0. The first-order valence-corrected chi connectivity index (χ1v) is 8.64. The fraction of sp³-hybridized carbons (Fsp3) is 0.529. The van der Waals surface area contributed by atoms with Crippen LogP contribution in [0.3, 0.4) is 0 Å². The Labute approximate surface area is 130 Å². The van der Waals surface area contributed by atoms with Crippen molar-refractivity contribution < 1.29 is 9.59 Å². The lowest BCUT2D eigenvalue weighted by atomic mass is 9.87. The average molecular weight is 303 g/mol. The second-order valence-electron chi connectivity index (χ2n) is 6.03. The summed E-state index contributed by atoms with van der Waals surface area (Å²) in [6.45, 7) is 2.40. The number of carbonyl (C=O) groups is 2. The predicted octanol–water partition coefficient (Wildman–Crippen LogP) is 3.19. The molecule has 21 heavy (non-hydrogen) atoms. The lowest BCUT2D eigenvalue weighted by molar-refractivity contribution is -0.130.